The smallest absolute Gasteiger partial charge is 0.340 e. The fraction of sp³-hybridized carbons (Fsp3) is 0.385. The first-order chi connectivity index (χ1) is 8.56. The number of aryl methyl sites for hydroxylation is 1. The van der Waals surface area contributed by atoms with Crippen molar-refractivity contribution in [3.63, 3.8) is 0 Å². The molecule has 5 heteroatoms. The maximum atomic E-state index is 11.7. The number of hydrogen-bond acceptors (Lipinski definition) is 5. The van der Waals surface area contributed by atoms with E-state index in [-0.39, 0.29) is 19.0 Å². The third kappa shape index (κ3) is 3.76. The van der Waals surface area contributed by atoms with Crippen LogP contribution in [-0.4, -0.2) is 25.7 Å². The summed E-state index contributed by atoms with van der Waals surface area (Å²) in [7, 11) is 1.32. The van der Waals surface area contributed by atoms with Gasteiger partial charge in [0.2, 0.25) is 0 Å². The highest BCUT2D eigenvalue weighted by molar-refractivity contribution is 5.95. The first-order valence-electron chi connectivity index (χ1n) is 5.65. The number of nitrogen functional groups attached to an aromatic ring is 1. The summed E-state index contributed by atoms with van der Waals surface area (Å²) in [6, 6.07) is 5.19. The number of para-hydroxylation sites is 1. The number of esters is 2. The molecule has 1 rings (SSSR count). The van der Waals surface area contributed by atoms with Gasteiger partial charge in [0.25, 0.3) is 0 Å². The standard InChI is InChI=1S/C13H17NO4/c1-9-5-3-6-10(12(9)14)13(16)18-8-4-7-11(15)17-2/h3,5-6H,4,7-8,14H2,1-2H3. The number of nitrogens with two attached hydrogens (primary N) is 1. The maximum Gasteiger partial charge on any atom is 0.340 e. The molecule has 98 valence electrons. The summed E-state index contributed by atoms with van der Waals surface area (Å²) >= 11 is 0. The second-order valence-corrected chi connectivity index (χ2v) is 3.85. The molecule has 0 heterocycles. The molecule has 0 fully saturated rings. The molecule has 0 saturated carbocycles. The summed E-state index contributed by atoms with van der Waals surface area (Å²) in [4.78, 5) is 22.6. The van der Waals surface area contributed by atoms with Crippen LogP contribution in [0, 0.1) is 6.92 Å². The molecule has 2 N–H and O–H groups in total. The third-order valence-corrected chi connectivity index (χ3v) is 2.53. The van der Waals surface area contributed by atoms with Gasteiger partial charge in [-0.15, -0.1) is 0 Å². The molecule has 0 aliphatic carbocycles. The minimum absolute atomic E-state index is 0.168. The van der Waals surface area contributed by atoms with Crippen LogP contribution in [0.25, 0.3) is 0 Å². The molecule has 0 unspecified atom stereocenters. The Morgan fingerprint density at radius 2 is 2.06 bits per heavy atom. The van der Waals surface area contributed by atoms with Crippen molar-refractivity contribution in [2.75, 3.05) is 19.5 Å². The van der Waals surface area contributed by atoms with E-state index in [2.05, 4.69) is 4.74 Å². The molecule has 0 radical (unpaired) electrons. The maximum absolute atomic E-state index is 11.7. The highest BCUT2D eigenvalue weighted by Crippen LogP contribution is 2.17. The zero-order valence-corrected chi connectivity index (χ0v) is 10.6. The second kappa shape index (κ2) is 6.64. The molecule has 0 aliphatic heterocycles. The molecular weight excluding hydrogens is 234 g/mol. The van der Waals surface area contributed by atoms with Crippen LogP contribution in [0.3, 0.4) is 0 Å². The SMILES string of the molecule is COC(=O)CCCOC(=O)c1cccc(C)c1N. The summed E-state index contributed by atoms with van der Waals surface area (Å²) in [5.41, 5.74) is 7.40. The van der Waals surface area contributed by atoms with E-state index < -0.39 is 5.97 Å². The van der Waals surface area contributed by atoms with Gasteiger partial charge in [-0.1, -0.05) is 12.1 Å². The lowest BCUT2D eigenvalue weighted by Crippen LogP contribution is -2.11. The molecule has 0 saturated heterocycles. The van der Waals surface area contributed by atoms with Crippen LogP contribution in [0.2, 0.25) is 0 Å². The van der Waals surface area contributed by atoms with Crippen molar-refractivity contribution in [1.82, 2.24) is 0 Å². The van der Waals surface area contributed by atoms with E-state index in [4.69, 9.17) is 10.5 Å². The Morgan fingerprint density at radius 1 is 1.33 bits per heavy atom. The number of carbonyl (C=O) groups excluding carboxylic acids is 2. The number of hydrogen-bond donors (Lipinski definition) is 1. The molecule has 18 heavy (non-hydrogen) atoms. The molecule has 0 aromatic heterocycles. The average molecular weight is 251 g/mol. The zero-order chi connectivity index (χ0) is 13.5. The van der Waals surface area contributed by atoms with Crippen LogP contribution in [0.15, 0.2) is 18.2 Å². The fourth-order valence-corrected chi connectivity index (χ4v) is 1.42. The number of benzene rings is 1. The minimum atomic E-state index is -0.471. The normalized spacial score (nSPS) is 9.89. The van der Waals surface area contributed by atoms with Crippen LogP contribution in [0.1, 0.15) is 28.8 Å². The van der Waals surface area contributed by atoms with Gasteiger partial charge in [0.15, 0.2) is 0 Å². The van der Waals surface area contributed by atoms with Gasteiger partial charge in [-0.2, -0.15) is 0 Å². The molecule has 0 atom stereocenters. The van der Waals surface area contributed by atoms with Crippen molar-refractivity contribution in [2.45, 2.75) is 19.8 Å². The van der Waals surface area contributed by atoms with E-state index in [9.17, 15) is 9.59 Å². The predicted octanol–water partition coefficient (Wildman–Crippen LogP) is 1.69. The summed E-state index contributed by atoms with van der Waals surface area (Å²) in [5, 5.41) is 0. The minimum Gasteiger partial charge on any atom is -0.469 e. The highest BCUT2D eigenvalue weighted by Gasteiger charge is 2.12. The Bertz CT molecular complexity index is 443. The summed E-state index contributed by atoms with van der Waals surface area (Å²) in [6.07, 6.45) is 0.664. The van der Waals surface area contributed by atoms with Crippen molar-refractivity contribution >= 4 is 17.6 Å². The molecule has 0 amide bonds. The number of methoxy groups -OCH3 is 1. The molecule has 0 spiro atoms. The average Bonchev–Trinajstić information content (AvgIpc) is 2.37. The van der Waals surface area contributed by atoms with Crippen molar-refractivity contribution in [2.24, 2.45) is 0 Å². The Hall–Kier alpha value is -2.04. The Labute approximate surface area is 106 Å². The predicted molar refractivity (Wildman–Crippen MR) is 67.1 cm³/mol. The lowest BCUT2D eigenvalue weighted by atomic mass is 10.1. The summed E-state index contributed by atoms with van der Waals surface area (Å²) < 4.78 is 9.51. The molecule has 1 aromatic rings. The first-order valence-corrected chi connectivity index (χ1v) is 5.65. The van der Waals surface area contributed by atoms with Gasteiger partial charge in [-0.25, -0.2) is 4.79 Å². The third-order valence-electron chi connectivity index (χ3n) is 2.53. The van der Waals surface area contributed by atoms with Crippen LogP contribution in [0.5, 0.6) is 0 Å². The fourth-order valence-electron chi connectivity index (χ4n) is 1.42. The number of carbonyl (C=O) groups is 2. The molecule has 0 bridgehead atoms. The number of rotatable bonds is 5. The highest BCUT2D eigenvalue weighted by atomic mass is 16.5. The van der Waals surface area contributed by atoms with E-state index in [0.29, 0.717) is 17.7 Å². The van der Waals surface area contributed by atoms with E-state index in [1.54, 1.807) is 12.1 Å². The van der Waals surface area contributed by atoms with E-state index in [1.807, 2.05) is 13.0 Å². The Kier molecular flexibility index (Phi) is 5.17. The Morgan fingerprint density at radius 3 is 2.72 bits per heavy atom. The van der Waals surface area contributed by atoms with Crippen molar-refractivity contribution in [3.8, 4) is 0 Å². The monoisotopic (exact) mass is 251 g/mol. The van der Waals surface area contributed by atoms with Gasteiger partial charge in [0.1, 0.15) is 0 Å². The zero-order valence-electron chi connectivity index (χ0n) is 10.6. The summed E-state index contributed by atoms with van der Waals surface area (Å²) in [5.74, 6) is -0.790. The second-order valence-electron chi connectivity index (χ2n) is 3.85. The lowest BCUT2D eigenvalue weighted by molar-refractivity contribution is -0.140. The Balaban J connectivity index is 2.46. The van der Waals surface area contributed by atoms with Crippen LogP contribution in [-0.2, 0) is 14.3 Å². The largest absolute Gasteiger partial charge is 0.469 e. The topological polar surface area (TPSA) is 78.6 Å². The van der Waals surface area contributed by atoms with Crippen molar-refractivity contribution in [3.05, 3.63) is 29.3 Å². The molecular formula is C13H17NO4. The van der Waals surface area contributed by atoms with Crippen LogP contribution >= 0.6 is 0 Å². The van der Waals surface area contributed by atoms with Gasteiger partial charge in [-0.05, 0) is 25.0 Å². The van der Waals surface area contributed by atoms with Gasteiger partial charge >= 0.3 is 11.9 Å². The molecule has 5 nitrogen and oxygen atoms in total. The summed E-state index contributed by atoms with van der Waals surface area (Å²) in [6.45, 7) is 1.99. The van der Waals surface area contributed by atoms with E-state index in [0.717, 1.165) is 5.56 Å². The lowest BCUT2D eigenvalue weighted by Gasteiger charge is -2.08. The van der Waals surface area contributed by atoms with Gasteiger partial charge in [0, 0.05) is 12.1 Å². The van der Waals surface area contributed by atoms with E-state index >= 15 is 0 Å². The van der Waals surface area contributed by atoms with Crippen LogP contribution < -0.4 is 5.73 Å². The molecule has 0 aliphatic rings. The van der Waals surface area contributed by atoms with E-state index in [1.165, 1.54) is 7.11 Å². The quantitative estimate of drug-likeness (QED) is 0.489. The molecule has 1 aromatic carbocycles. The first kappa shape index (κ1) is 14.0. The van der Waals surface area contributed by atoms with Gasteiger partial charge in [0.05, 0.1) is 19.3 Å². The van der Waals surface area contributed by atoms with Gasteiger partial charge < -0.3 is 15.2 Å². The number of anilines is 1. The van der Waals surface area contributed by atoms with Gasteiger partial charge in [-0.3, -0.25) is 4.79 Å². The van der Waals surface area contributed by atoms with Crippen LogP contribution in [0.4, 0.5) is 5.69 Å². The van der Waals surface area contributed by atoms with Crippen molar-refractivity contribution < 1.29 is 19.1 Å². The number of ether oxygens (including phenoxy) is 2. The van der Waals surface area contributed by atoms with Crippen molar-refractivity contribution in [1.29, 1.82) is 0 Å².